The number of nitro groups is 1. The van der Waals surface area contributed by atoms with Gasteiger partial charge in [-0.25, -0.2) is 0 Å². The van der Waals surface area contributed by atoms with Crippen LogP contribution in [0.4, 0.5) is 5.69 Å². The monoisotopic (exact) mass is 316 g/mol. The van der Waals surface area contributed by atoms with E-state index in [2.05, 4.69) is 10.4 Å². The summed E-state index contributed by atoms with van der Waals surface area (Å²) in [5.41, 5.74) is 1.79. The van der Waals surface area contributed by atoms with Gasteiger partial charge in [0.25, 0.3) is 11.6 Å². The molecular formula is C16H20N4O3. The van der Waals surface area contributed by atoms with Gasteiger partial charge in [0.05, 0.1) is 10.6 Å². The lowest BCUT2D eigenvalue weighted by Crippen LogP contribution is -2.26. The maximum Gasteiger partial charge on any atom is 0.274 e. The molecule has 2 aromatic rings. The third-order valence-corrected chi connectivity index (χ3v) is 3.55. The number of hydrogen-bond donors (Lipinski definition) is 1. The van der Waals surface area contributed by atoms with Crippen molar-refractivity contribution in [2.45, 2.75) is 39.8 Å². The first-order valence-electron chi connectivity index (χ1n) is 7.52. The van der Waals surface area contributed by atoms with E-state index >= 15 is 0 Å². The molecule has 23 heavy (non-hydrogen) atoms. The van der Waals surface area contributed by atoms with E-state index in [-0.39, 0.29) is 24.1 Å². The number of nitrogens with one attached hydrogen (secondary N) is 1. The number of hydrogen-bond acceptors (Lipinski definition) is 4. The molecule has 122 valence electrons. The predicted molar refractivity (Wildman–Crippen MR) is 86.3 cm³/mol. The van der Waals surface area contributed by atoms with Crippen molar-refractivity contribution < 1.29 is 9.72 Å². The topological polar surface area (TPSA) is 90.1 Å². The maximum absolute atomic E-state index is 12.4. The quantitative estimate of drug-likeness (QED) is 0.655. The second kappa shape index (κ2) is 7.04. The van der Waals surface area contributed by atoms with Crippen LogP contribution in [0.3, 0.4) is 0 Å². The minimum Gasteiger partial charge on any atom is -0.346 e. The van der Waals surface area contributed by atoms with Crippen LogP contribution in [0.5, 0.6) is 0 Å². The highest BCUT2D eigenvalue weighted by molar-refractivity contribution is 5.92. The third-order valence-electron chi connectivity index (χ3n) is 3.55. The average molecular weight is 316 g/mol. The van der Waals surface area contributed by atoms with Crippen LogP contribution in [0.25, 0.3) is 0 Å². The number of aromatic nitrogens is 2. The molecule has 0 fully saturated rings. The standard InChI is InChI=1S/C16H20N4O3/c1-4-19-15(9-13(18-19)11(2)3)16(21)17-10-12-7-5-6-8-14(12)20(22)23/h5-9,11H,4,10H2,1-3H3,(H,17,21). The number of benzene rings is 1. The van der Waals surface area contributed by atoms with Gasteiger partial charge >= 0.3 is 0 Å². The Morgan fingerprint density at radius 1 is 1.39 bits per heavy atom. The van der Waals surface area contributed by atoms with Crippen LogP contribution in [-0.2, 0) is 13.1 Å². The lowest BCUT2D eigenvalue weighted by molar-refractivity contribution is -0.385. The molecule has 1 N–H and O–H groups in total. The van der Waals surface area contributed by atoms with Crippen molar-refractivity contribution >= 4 is 11.6 Å². The molecule has 2 rings (SSSR count). The normalized spacial score (nSPS) is 10.8. The van der Waals surface area contributed by atoms with Crippen molar-refractivity contribution in [3.63, 3.8) is 0 Å². The number of amides is 1. The van der Waals surface area contributed by atoms with Crippen molar-refractivity contribution in [3.8, 4) is 0 Å². The zero-order valence-electron chi connectivity index (χ0n) is 13.4. The van der Waals surface area contributed by atoms with Crippen LogP contribution in [-0.4, -0.2) is 20.6 Å². The molecule has 1 aromatic carbocycles. The smallest absolute Gasteiger partial charge is 0.274 e. The summed E-state index contributed by atoms with van der Waals surface area (Å²) in [5.74, 6) is -0.0611. The van der Waals surface area contributed by atoms with Gasteiger partial charge in [-0.05, 0) is 18.9 Å². The molecule has 0 aliphatic carbocycles. The van der Waals surface area contributed by atoms with Crippen molar-refractivity contribution in [3.05, 3.63) is 57.4 Å². The molecule has 0 saturated heterocycles. The first-order valence-corrected chi connectivity index (χ1v) is 7.52. The molecule has 1 amide bonds. The number of aryl methyl sites for hydroxylation is 1. The fourth-order valence-corrected chi connectivity index (χ4v) is 2.25. The summed E-state index contributed by atoms with van der Waals surface area (Å²) in [6, 6.07) is 8.14. The third kappa shape index (κ3) is 3.74. The summed E-state index contributed by atoms with van der Waals surface area (Å²) < 4.78 is 1.64. The molecule has 0 aliphatic rings. The number of para-hydroxylation sites is 1. The van der Waals surface area contributed by atoms with Crippen LogP contribution >= 0.6 is 0 Å². The first kappa shape index (κ1) is 16.7. The highest BCUT2D eigenvalue weighted by Gasteiger charge is 2.18. The summed E-state index contributed by atoms with van der Waals surface area (Å²) in [6.45, 7) is 6.62. The summed E-state index contributed by atoms with van der Waals surface area (Å²) in [5, 5.41) is 18.1. The molecular weight excluding hydrogens is 296 g/mol. The van der Waals surface area contributed by atoms with Crippen LogP contribution in [0.1, 0.15) is 48.4 Å². The van der Waals surface area contributed by atoms with Crippen molar-refractivity contribution in [2.75, 3.05) is 0 Å². The summed E-state index contributed by atoms with van der Waals surface area (Å²) in [6.07, 6.45) is 0. The summed E-state index contributed by atoms with van der Waals surface area (Å²) in [7, 11) is 0. The highest BCUT2D eigenvalue weighted by Crippen LogP contribution is 2.18. The Labute approximate surface area is 134 Å². The lowest BCUT2D eigenvalue weighted by Gasteiger charge is -2.07. The highest BCUT2D eigenvalue weighted by atomic mass is 16.6. The van der Waals surface area contributed by atoms with Gasteiger partial charge in [-0.2, -0.15) is 5.10 Å². The van der Waals surface area contributed by atoms with Gasteiger partial charge < -0.3 is 5.32 Å². The van der Waals surface area contributed by atoms with E-state index in [0.29, 0.717) is 17.8 Å². The molecule has 0 bridgehead atoms. The Hall–Kier alpha value is -2.70. The Bertz CT molecular complexity index is 722. The SMILES string of the molecule is CCn1nc(C(C)C)cc1C(=O)NCc1ccccc1[N+](=O)[O-]. The van der Waals surface area contributed by atoms with Crippen molar-refractivity contribution in [1.29, 1.82) is 0 Å². The van der Waals surface area contributed by atoms with Gasteiger partial charge in [0.2, 0.25) is 0 Å². The second-order valence-corrected chi connectivity index (χ2v) is 5.49. The number of nitrogens with zero attached hydrogens (tertiary/aromatic N) is 3. The number of carbonyl (C=O) groups excluding carboxylic acids is 1. The van der Waals surface area contributed by atoms with E-state index < -0.39 is 4.92 Å². The Balaban J connectivity index is 2.16. The molecule has 0 radical (unpaired) electrons. The molecule has 0 aliphatic heterocycles. The molecule has 0 atom stereocenters. The average Bonchev–Trinajstić information content (AvgIpc) is 2.97. The van der Waals surface area contributed by atoms with E-state index in [4.69, 9.17) is 0 Å². The summed E-state index contributed by atoms with van der Waals surface area (Å²) in [4.78, 5) is 22.9. The van der Waals surface area contributed by atoms with E-state index in [1.54, 1.807) is 28.9 Å². The molecule has 1 heterocycles. The Kier molecular flexibility index (Phi) is 5.10. The lowest BCUT2D eigenvalue weighted by atomic mass is 10.1. The zero-order chi connectivity index (χ0) is 17.0. The fourth-order valence-electron chi connectivity index (χ4n) is 2.25. The number of nitro benzene ring substituents is 1. The van der Waals surface area contributed by atoms with Crippen LogP contribution in [0.2, 0.25) is 0 Å². The van der Waals surface area contributed by atoms with E-state index in [0.717, 1.165) is 5.69 Å². The fraction of sp³-hybridized carbons (Fsp3) is 0.375. The number of carbonyl (C=O) groups is 1. The van der Waals surface area contributed by atoms with Gasteiger partial charge in [-0.3, -0.25) is 19.6 Å². The van der Waals surface area contributed by atoms with Gasteiger partial charge in [0.1, 0.15) is 5.69 Å². The van der Waals surface area contributed by atoms with E-state index in [1.165, 1.54) is 6.07 Å². The minimum absolute atomic E-state index is 0.000307. The van der Waals surface area contributed by atoms with Crippen LogP contribution in [0.15, 0.2) is 30.3 Å². The number of rotatable bonds is 6. The molecule has 7 heteroatoms. The molecule has 1 aromatic heterocycles. The van der Waals surface area contributed by atoms with Crippen LogP contribution < -0.4 is 5.32 Å². The van der Waals surface area contributed by atoms with Crippen molar-refractivity contribution in [2.24, 2.45) is 0 Å². The van der Waals surface area contributed by atoms with Gasteiger partial charge in [-0.15, -0.1) is 0 Å². The summed E-state index contributed by atoms with van der Waals surface area (Å²) >= 11 is 0. The van der Waals surface area contributed by atoms with Gasteiger partial charge in [0.15, 0.2) is 0 Å². The minimum atomic E-state index is -0.450. The zero-order valence-corrected chi connectivity index (χ0v) is 13.4. The van der Waals surface area contributed by atoms with Crippen LogP contribution in [0, 0.1) is 10.1 Å². The second-order valence-electron chi connectivity index (χ2n) is 5.49. The van der Waals surface area contributed by atoms with E-state index in [1.807, 2.05) is 20.8 Å². The first-order chi connectivity index (χ1) is 10.9. The molecule has 0 spiro atoms. The Morgan fingerprint density at radius 3 is 2.70 bits per heavy atom. The largest absolute Gasteiger partial charge is 0.346 e. The van der Waals surface area contributed by atoms with Gasteiger partial charge in [0, 0.05) is 24.7 Å². The molecule has 0 unspecified atom stereocenters. The predicted octanol–water partition coefficient (Wildman–Crippen LogP) is 2.86. The van der Waals surface area contributed by atoms with Crippen molar-refractivity contribution in [1.82, 2.24) is 15.1 Å². The Morgan fingerprint density at radius 2 is 2.09 bits per heavy atom. The molecule has 0 saturated carbocycles. The van der Waals surface area contributed by atoms with E-state index in [9.17, 15) is 14.9 Å². The van der Waals surface area contributed by atoms with Gasteiger partial charge in [-0.1, -0.05) is 32.0 Å². The molecule has 7 nitrogen and oxygen atoms in total. The maximum atomic E-state index is 12.4.